The lowest BCUT2D eigenvalue weighted by molar-refractivity contribution is -0.137. The molecule has 1 atom stereocenters. The summed E-state index contributed by atoms with van der Waals surface area (Å²) in [6.07, 6.45) is -4.09. The molecule has 0 aliphatic carbocycles. The van der Waals surface area contributed by atoms with E-state index in [1.807, 2.05) is 0 Å². The topological polar surface area (TPSA) is 80.5 Å². The SMILES string of the molecule is NC(=O)C1CCCN1S(=O)(=O)c1cc(C(F)(F)F)ccc1Cl. The summed E-state index contributed by atoms with van der Waals surface area (Å²) in [5.41, 5.74) is 4.01. The smallest absolute Gasteiger partial charge is 0.368 e. The number of nitrogens with two attached hydrogens (primary N) is 1. The number of rotatable bonds is 3. The normalized spacial score (nSPS) is 20.3. The molecule has 1 aliphatic heterocycles. The Hall–Kier alpha value is -1.32. The van der Waals surface area contributed by atoms with Crippen LogP contribution in [-0.4, -0.2) is 31.2 Å². The first-order valence-electron chi connectivity index (χ1n) is 6.23. The first-order valence-corrected chi connectivity index (χ1v) is 8.05. The van der Waals surface area contributed by atoms with Gasteiger partial charge in [-0.15, -0.1) is 0 Å². The molecule has 1 aromatic carbocycles. The summed E-state index contributed by atoms with van der Waals surface area (Å²) < 4.78 is 64.1. The predicted octanol–water partition coefficient (Wildman–Crippen LogP) is 2.00. The molecule has 1 aliphatic rings. The second-order valence-electron chi connectivity index (χ2n) is 4.82. The van der Waals surface area contributed by atoms with Crippen LogP contribution in [0.4, 0.5) is 13.2 Å². The zero-order chi connectivity index (χ0) is 16.7. The molecule has 0 spiro atoms. The molecule has 1 saturated heterocycles. The minimum atomic E-state index is -4.71. The Morgan fingerprint density at radius 2 is 2.00 bits per heavy atom. The maximum atomic E-state index is 12.7. The maximum Gasteiger partial charge on any atom is 0.416 e. The van der Waals surface area contributed by atoms with Crippen molar-refractivity contribution in [2.45, 2.75) is 30.0 Å². The molecule has 2 rings (SSSR count). The van der Waals surface area contributed by atoms with Crippen LogP contribution in [0.3, 0.4) is 0 Å². The highest BCUT2D eigenvalue weighted by molar-refractivity contribution is 7.89. The molecule has 0 saturated carbocycles. The summed E-state index contributed by atoms with van der Waals surface area (Å²) in [4.78, 5) is 10.6. The van der Waals surface area contributed by atoms with Gasteiger partial charge in [-0.2, -0.15) is 17.5 Å². The van der Waals surface area contributed by atoms with E-state index in [0.717, 1.165) is 10.4 Å². The van der Waals surface area contributed by atoms with Gasteiger partial charge in [0.05, 0.1) is 10.6 Å². The monoisotopic (exact) mass is 356 g/mol. The fourth-order valence-corrected chi connectivity index (χ4v) is 4.48. The van der Waals surface area contributed by atoms with Gasteiger partial charge in [0.25, 0.3) is 0 Å². The van der Waals surface area contributed by atoms with E-state index in [2.05, 4.69) is 0 Å². The fourth-order valence-electron chi connectivity index (χ4n) is 2.32. The predicted molar refractivity (Wildman–Crippen MR) is 72.6 cm³/mol. The standard InChI is InChI=1S/C12H12ClF3N2O3S/c13-8-4-3-7(12(14,15)16)6-10(8)22(20,21)18-5-1-2-9(18)11(17)19/h3-4,6,9H,1-2,5H2,(H2,17,19). The molecule has 1 aromatic rings. The molecule has 0 aromatic heterocycles. The van der Waals surface area contributed by atoms with Crippen LogP contribution in [0.1, 0.15) is 18.4 Å². The van der Waals surface area contributed by atoms with Crippen LogP contribution in [0.25, 0.3) is 0 Å². The molecular formula is C12H12ClF3N2O3S. The number of sulfonamides is 1. The largest absolute Gasteiger partial charge is 0.416 e. The van der Waals surface area contributed by atoms with Crippen LogP contribution < -0.4 is 5.73 Å². The number of alkyl halides is 3. The van der Waals surface area contributed by atoms with Gasteiger partial charge < -0.3 is 5.73 Å². The maximum absolute atomic E-state index is 12.7. The Morgan fingerprint density at radius 3 is 2.55 bits per heavy atom. The number of amides is 1. The third kappa shape index (κ3) is 3.06. The van der Waals surface area contributed by atoms with Crippen molar-refractivity contribution in [3.05, 3.63) is 28.8 Å². The Balaban J connectivity index is 2.52. The van der Waals surface area contributed by atoms with E-state index < -0.39 is 38.6 Å². The summed E-state index contributed by atoms with van der Waals surface area (Å²) in [5, 5.41) is -0.344. The summed E-state index contributed by atoms with van der Waals surface area (Å²) in [7, 11) is -4.35. The second-order valence-corrected chi connectivity index (χ2v) is 7.09. The van der Waals surface area contributed by atoms with Crippen molar-refractivity contribution in [3.63, 3.8) is 0 Å². The molecule has 0 bridgehead atoms. The van der Waals surface area contributed by atoms with Crippen molar-refractivity contribution in [2.75, 3.05) is 6.54 Å². The van der Waals surface area contributed by atoms with Gasteiger partial charge in [0.1, 0.15) is 10.9 Å². The van der Waals surface area contributed by atoms with Crippen LogP contribution in [0.5, 0.6) is 0 Å². The van der Waals surface area contributed by atoms with Crippen molar-refractivity contribution in [3.8, 4) is 0 Å². The Kier molecular flexibility index (Phi) is 4.42. The van der Waals surface area contributed by atoms with Crippen LogP contribution in [0.2, 0.25) is 5.02 Å². The third-order valence-corrected chi connectivity index (χ3v) is 5.77. The summed E-state index contributed by atoms with van der Waals surface area (Å²) >= 11 is 5.75. The number of benzene rings is 1. The first kappa shape index (κ1) is 17.0. The number of hydrogen-bond donors (Lipinski definition) is 1. The first-order chi connectivity index (χ1) is 10.0. The molecule has 2 N–H and O–H groups in total. The van der Waals surface area contributed by atoms with Gasteiger partial charge in [-0.25, -0.2) is 8.42 Å². The van der Waals surface area contributed by atoms with Gasteiger partial charge in [-0.1, -0.05) is 11.6 Å². The Labute approximate surface area is 129 Å². The average Bonchev–Trinajstić information content (AvgIpc) is 2.87. The minimum Gasteiger partial charge on any atom is -0.368 e. The zero-order valence-electron chi connectivity index (χ0n) is 11.1. The summed E-state index contributed by atoms with van der Waals surface area (Å²) in [6, 6.07) is 0.952. The highest BCUT2D eigenvalue weighted by atomic mass is 35.5. The van der Waals surface area contributed by atoms with Gasteiger partial charge >= 0.3 is 6.18 Å². The van der Waals surface area contributed by atoms with E-state index in [1.54, 1.807) is 0 Å². The van der Waals surface area contributed by atoms with E-state index in [9.17, 15) is 26.4 Å². The lowest BCUT2D eigenvalue weighted by Crippen LogP contribution is -2.43. The molecule has 5 nitrogen and oxygen atoms in total. The molecule has 122 valence electrons. The van der Waals surface area contributed by atoms with Crippen molar-refractivity contribution >= 4 is 27.5 Å². The van der Waals surface area contributed by atoms with E-state index >= 15 is 0 Å². The van der Waals surface area contributed by atoms with E-state index in [1.165, 1.54) is 0 Å². The van der Waals surface area contributed by atoms with Crippen LogP contribution in [-0.2, 0) is 21.0 Å². The zero-order valence-corrected chi connectivity index (χ0v) is 12.7. The van der Waals surface area contributed by atoms with Crippen LogP contribution >= 0.6 is 11.6 Å². The number of carbonyl (C=O) groups is 1. The quantitative estimate of drug-likeness (QED) is 0.899. The van der Waals surface area contributed by atoms with Crippen molar-refractivity contribution < 1.29 is 26.4 Å². The summed E-state index contributed by atoms with van der Waals surface area (Å²) in [5.74, 6) is -0.843. The molecule has 0 radical (unpaired) electrons. The number of halogens is 4. The lowest BCUT2D eigenvalue weighted by Gasteiger charge is -2.22. The highest BCUT2D eigenvalue weighted by Crippen LogP contribution is 2.35. The van der Waals surface area contributed by atoms with Gasteiger partial charge in [0, 0.05) is 6.54 Å². The van der Waals surface area contributed by atoms with Gasteiger partial charge in [-0.3, -0.25) is 4.79 Å². The van der Waals surface area contributed by atoms with Crippen LogP contribution in [0, 0.1) is 0 Å². The van der Waals surface area contributed by atoms with E-state index in [0.29, 0.717) is 18.6 Å². The summed E-state index contributed by atoms with van der Waals surface area (Å²) in [6.45, 7) is 0.00249. The van der Waals surface area contributed by atoms with Crippen LogP contribution in [0.15, 0.2) is 23.1 Å². The number of carbonyl (C=O) groups excluding carboxylic acids is 1. The molecule has 1 unspecified atom stereocenters. The van der Waals surface area contributed by atoms with Crippen molar-refractivity contribution in [2.24, 2.45) is 5.73 Å². The fraction of sp³-hybridized carbons (Fsp3) is 0.417. The lowest BCUT2D eigenvalue weighted by atomic mass is 10.2. The molecule has 22 heavy (non-hydrogen) atoms. The molecular weight excluding hydrogens is 345 g/mol. The molecule has 1 amide bonds. The Bertz CT molecular complexity index is 706. The van der Waals surface area contributed by atoms with E-state index in [4.69, 9.17) is 17.3 Å². The number of primary amides is 1. The molecule has 1 fully saturated rings. The second kappa shape index (κ2) is 5.71. The third-order valence-electron chi connectivity index (χ3n) is 3.38. The van der Waals surface area contributed by atoms with Gasteiger partial charge in [-0.05, 0) is 31.0 Å². The van der Waals surface area contributed by atoms with Crippen molar-refractivity contribution in [1.82, 2.24) is 4.31 Å². The molecule has 1 heterocycles. The number of hydrogen-bond acceptors (Lipinski definition) is 3. The molecule has 10 heteroatoms. The van der Waals surface area contributed by atoms with Crippen molar-refractivity contribution in [1.29, 1.82) is 0 Å². The Morgan fingerprint density at radius 1 is 1.36 bits per heavy atom. The minimum absolute atomic E-state index is 0.00249. The average molecular weight is 357 g/mol. The van der Waals surface area contributed by atoms with Gasteiger partial charge in [0.2, 0.25) is 15.9 Å². The van der Waals surface area contributed by atoms with Gasteiger partial charge in [0.15, 0.2) is 0 Å². The number of nitrogens with zero attached hydrogens (tertiary/aromatic N) is 1. The van der Waals surface area contributed by atoms with E-state index in [-0.39, 0.29) is 18.0 Å². The highest BCUT2D eigenvalue weighted by Gasteiger charge is 2.40.